The first kappa shape index (κ1) is 14.7. The predicted molar refractivity (Wildman–Crippen MR) is 70.8 cm³/mol. The molecule has 0 saturated carbocycles. The SMILES string of the molecule is C=C1C(=O)O[C@H](C2=C(C)[C@@H](O)CC2=O)[C@H]1CCC(C)=O. The molecule has 2 aliphatic rings. The second-order valence-electron chi connectivity index (χ2n) is 5.44. The van der Waals surface area contributed by atoms with Crippen molar-refractivity contribution in [1.82, 2.24) is 0 Å². The van der Waals surface area contributed by atoms with Gasteiger partial charge in [0.15, 0.2) is 5.78 Å². The zero-order valence-electron chi connectivity index (χ0n) is 11.6. The van der Waals surface area contributed by atoms with Crippen LogP contribution in [-0.4, -0.2) is 34.9 Å². The van der Waals surface area contributed by atoms with Gasteiger partial charge < -0.3 is 14.6 Å². The van der Waals surface area contributed by atoms with Crippen molar-refractivity contribution in [2.45, 2.75) is 45.3 Å². The van der Waals surface area contributed by atoms with Crippen LogP contribution in [0.4, 0.5) is 0 Å². The summed E-state index contributed by atoms with van der Waals surface area (Å²) in [4.78, 5) is 34.8. The molecule has 1 heterocycles. The molecule has 1 N–H and O–H groups in total. The molecular weight excluding hydrogens is 260 g/mol. The van der Waals surface area contributed by atoms with Gasteiger partial charge in [0.05, 0.1) is 6.10 Å². The Morgan fingerprint density at radius 2 is 2.10 bits per heavy atom. The second kappa shape index (κ2) is 5.32. The zero-order valence-corrected chi connectivity index (χ0v) is 11.6. The van der Waals surface area contributed by atoms with Gasteiger partial charge in [-0.2, -0.15) is 0 Å². The largest absolute Gasteiger partial charge is 0.453 e. The molecule has 0 aromatic heterocycles. The molecule has 1 fully saturated rings. The van der Waals surface area contributed by atoms with E-state index in [1.165, 1.54) is 6.92 Å². The average Bonchev–Trinajstić information content (AvgIpc) is 2.76. The van der Waals surface area contributed by atoms with Crippen molar-refractivity contribution in [1.29, 1.82) is 0 Å². The highest BCUT2D eigenvalue weighted by molar-refractivity contribution is 6.02. The van der Waals surface area contributed by atoms with Crippen LogP contribution in [0.1, 0.15) is 33.1 Å². The van der Waals surface area contributed by atoms with Crippen molar-refractivity contribution < 1.29 is 24.2 Å². The molecule has 0 radical (unpaired) electrons. The van der Waals surface area contributed by atoms with Gasteiger partial charge in [0.2, 0.25) is 0 Å². The number of aliphatic hydroxyl groups excluding tert-OH is 1. The minimum Gasteiger partial charge on any atom is -0.453 e. The van der Waals surface area contributed by atoms with E-state index in [1.807, 2.05) is 0 Å². The summed E-state index contributed by atoms with van der Waals surface area (Å²) in [5, 5.41) is 9.74. The molecule has 0 aromatic carbocycles. The summed E-state index contributed by atoms with van der Waals surface area (Å²) in [7, 11) is 0. The molecular formula is C15H18O5. The van der Waals surface area contributed by atoms with E-state index in [-0.39, 0.29) is 23.9 Å². The fourth-order valence-electron chi connectivity index (χ4n) is 2.77. The molecule has 1 saturated heterocycles. The van der Waals surface area contributed by atoms with E-state index in [0.29, 0.717) is 29.6 Å². The second-order valence-corrected chi connectivity index (χ2v) is 5.44. The van der Waals surface area contributed by atoms with Crippen LogP contribution in [0.25, 0.3) is 0 Å². The predicted octanol–water partition coefficient (Wildman–Crippen LogP) is 1.10. The van der Waals surface area contributed by atoms with E-state index >= 15 is 0 Å². The Kier molecular flexibility index (Phi) is 3.90. The number of hydrogen-bond acceptors (Lipinski definition) is 5. The Bertz CT molecular complexity index is 528. The lowest BCUT2D eigenvalue weighted by Crippen LogP contribution is -2.24. The van der Waals surface area contributed by atoms with Gasteiger partial charge in [0, 0.05) is 29.9 Å². The summed E-state index contributed by atoms with van der Waals surface area (Å²) in [6, 6.07) is 0. The highest BCUT2D eigenvalue weighted by Crippen LogP contribution is 2.39. The molecule has 0 bridgehead atoms. The molecule has 2 rings (SSSR count). The summed E-state index contributed by atoms with van der Waals surface area (Å²) >= 11 is 0. The third-order valence-electron chi connectivity index (χ3n) is 4.00. The maximum absolute atomic E-state index is 12.0. The van der Waals surface area contributed by atoms with Crippen molar-refractivity contribution in [2.75, 3.05) is 0 Å². The maximum Gasteiger partial charge on any atom is 0.334 e. The number of rotatable bonds is 4. The molecule has 0 spiro atoms. The highest BCUT2D eigenvalue weighted by atomic mass is 16.6. The first-order chi connectivity index (χ1) is 9.32. The Labute approximate surface area is 117 Å². The Morgan fingerprint density at radius 3 is 2.60 bits per heavy atom. The topological polar surface area (TPSA) is 80.7 Å². The lowest BCUT2D eigenvalue weighted by Gasteiger charge is -2.18. The molecule has 0 amide bonds. The fourth-order valence-corrected chi connectivity index (χ4v) is 2.77. The number of carbonyl (C=O) groups excluding carboxylic acids is 3. The summed E-state index contributed by atoms with van der Waals surface area (Å²) in [5.74, 6) is -1.08. The molecule has 1 aliphatic carbocycles. The maximum atomic E-state index is 12.0. The number of aliphatic hydroxyl groups is 1. The van der Waals surface area contributed by atoms with Gasteiger partial charge in [0.1, 0.15) is 11.9 Å². The van der Waals surface area contributed by atoms with Crippen molar-refractivity contribution in [3.05, 3.63) is 23.3 Å². The van der Waals surface area contributed by atoms with Gasteiger partial charge in [-0.3, -0.25) is 4.79 Å². The molecule has 3 atom stereocenters. The van der Waals surface area contributed by atoms with Crippen LogP contribution in [0, 0.1) is 5.92 Å². The Balaban J connectivity index is 2.29. The van der Waals surface area contributed by atoms with E-state index in [9.17, 15) is 19.5 Å². The smallest absolute Gasteiger partial charge is 0.334 e. The van der Waals surface area contributed by atoms with Gasteiger partial charge in [-0.05, 0) is 25.8 Å². The van der Waals surface area contributed by atoms with Crippen LogP contribution in [0.15, 0.2) is 23.3 Å². The van der Waals surface area contributed by atoms with Gasteiger partial charge >= 0.3 is 5.97 Å². The summed E-state index contributed by atoms with van der Waals surface area (Å²) in [6.45, 7) is 6.85. The molecule has 5 heteroatoms. The van der Waals surface area contributed by atoms with E-state index in [0.717, 1.165) is 0 Å². The number of hydrogen-bond donors (Lipinski definition) is 1. The summed E-state index contributed by atoms with van der Waals surface area (Å²) in [6.07, 6.45) is -0.760. The fraction of sp³-hybridized carbons (Fsp3) is 0.533. The normalized spacial score (nSPS) is 30.1. The number of Topliss-reactive ketones (excluding diaryl/α,β-unsaturated/α-hetero) is 2. The summed E-state index contributed by atoms with van der Waals surface area (Å²) in [5.41, 5.74) is 1.22. The molecule has 1 aliphatic heterocycles. The lowest BCUT2D eigenvalue weighted by atomic mass is 9.86. The third-order valence-corrected chi connectivity index (χ3v) is 4.00. The highest BCUT2D eigenvalue weighted by Gasteiger charge is 2.45. The third kappa shape index (κ3) is 2.45. The average molecular weight is 278 g/mol. The first-order valence-corrected chi connectivity index (χ1v) is 6.64. The monoisotopic (exact) mass is 278 g/mol. The van der Waals surface area contributed by atoms with E-state index in [4.69, 9.17) is 4.74 Å². The van der Waals surface area contributed by atoms with Crippen molar-refractivity contribution >= 4 is 17.5 Å². The van der Waals surface area contributed by atoms with Crippen LogP contribution in [0.2, 0.25) is 0 Å². The van der Waals surface area contributed by atoms with E-state index in [1.54, 1.807) is 6.92 Å². The molecule has 20 heavy (non-hydrogen) atoms. The van der Waals surface area contributed by atoms with Crippen LogP contribution in [0.3, 0.4) is 0 Å². The minimum atomic E-state index is -0.807. The Morgan fingerprint density at radius 1 is 1.45 bits per heavy atom. The number of ether oxygens (including phenoxy) is 1. The molecule has 108 valence electrons. The minimum absolute atomic E-state index is 0.0133. The van der Waals surface area contributed by atoms with Crippen molar-refractivity contribution in [3.8, 4) is 0 Å². The van der Waals surface area contributed by atoms with Crippen LogP contribution in [0.5, 0.6) is 0 Å². The number of ketones is 2. The zero-order chi connectivity index (χ0) is 15.0. The number of carbonyl (C=O) groups is 3. The Hall–Kier alpha value is -1.75. The lowest BCUT2D eigenvalue weighted by molar-refractivity contribution is -0.138. The van der Waals surface area contributed by atoms with Gasteiger partial charge in [-0.1, -0.05) is 6.58 Å². The number of cyclic esters (lactones) is 1. The van der Waals surface area contributed by atoms with E-state index in [2.05, 4.69) is 6.58 Å². The van der Waals surface area contributed by atoms with Gasteiger partial charge in [0.25, 0.3) is 0 Å². The van der Waals surface area contributed by atoms with Crippen molar-refractivity contribution in [3.63, 3.8) is 0 Å². The van der Waals surface area contributed by atoms with Crippen LogP contribution in [-0.2, 0) is 19.1 Å². The first-order valence-electron chi connectivity index (χ1n) is 6.64. The number of esters is 1. The quantitative estimate of drug-likeness (QED) is 0.615. The summed E-state index contributed by atoms with van der Waals surface area (Å²) < 4.78 is 5.25. The van der Waals surface area contributed by atoms with Crippen molar-refractivity contribution in [2.24, 2.45) is 5.92 Å². The van der Waals surface area contributed by atoms with Gasteiger partial charge in [-0.15, -0.1) is 0 Å². The molecule has 5 nitrogen and oxygen atoms in total. The molecule has 0 aromatic rings. The van der Waals surface area contributed by atoms with Gasteiger partial charge in [-0.25, -0.2) is 4.79 Å². The standard InChI is InChI=1S/C15H18O5/c1-7(16)4-5-10-8(2)15(19)20-14(10)13-9(3)11(17)6-12(13)18/h10-11,14,17H,2,4-6H2,1,3H3/t10-,11-,14-/m0/s1. The van der Waals surface area contributed by atoms with Crippen LogP contribution >= 0.6 is 0 Å². The molecule has 0 unspecified atom stereocenters. The van der Waals surface area contributed by atoms with E-state index < -0.39 is 18.2 Å². The van der Waals surface area contributed by atoms with Crippen LogP contribution < -0.4 is 0 Å².